The number of aromatic nitrogens is 2. The lowest BCUT2D eigenvalue weighted by molar-refractivity contribution is 0.0541. The number of likely N-dealkylation sites (tertiary alicyclic amines) is 1. The van der Waals surface area contributed by atoms with Gasteiger partial charge in [0, 0.05) is 24.6 Å². The summed E-state index contributed by atoms with van der Waals surface area (Å²) in [6, 6.07) is 5.99. The molecule has 1 aliphatic rings. The van der Waals surface area contributed by atoms with Crippen LogP contribution in [0.3, 0.4) is 0 Å². The van der Waals surface area contributed by atoms with Crippen molar-refractivity contribution in [3.63, 3.8) is 0 Å². The number of carbonyl (C=O) groups excluding carboxylic acids is 1. The largest absolute Gasteiger partial charge is 0.504 e. The second kappa shape index (κ2) is 5.90. The molecule has 6 nitrogen and oxygen atoms in total. The Morgan fingerprint density at radius 3 is 2.75 bits per heavy atom. The summed E-state index contributed by atoms with van der Waals surface area (Å²) in [7, 11) is 0. The van der Waals surface area contributed by atoms with E-state index in [2.05, 4.69) is 5.10 Å². The third kappa shape index (κ3) is 2.54. The summed E-state index contributed by atoms with van der Waals surface area (Å²) in [6.07, 6.45) is 1.91. The molecule has 1 atom stereocenters. The normalized spacial score (nSPS) is 19.7. The highest BCUT2D eigenvalue weighted by Gasteiger charge is 2.44. The van der Waals surface area contributed by atoms with E-state index in [1.165, 1.54) is 18.3 Å². The minimum atomic E-state index is -0.542. The molecule has 1 amide bonds. The Morgan fingerprint density at radius 2 is 2.12 bits per heavy atom. The summed E-state index contributed by atoms with van der Waals surface area (Å²) < 4.78 is 15.0. The topological polar surface area (TPSA) is 78.6 Å². The lowest BCUT2D eigenvalue weighted by atomic mass is 9.89. The summed E-state index contributed by atoms with van der Waals surface area (Å²) in [5.74, 6) is -1.26. The molecule has 2 N–H and O–H groups in total. The maximum Gasteiger partial charge on any atom is 0.278 e. The number of aromatic hydroxyl groups is 1. The van der Waals surface area contributed by atoms with Gasteiger partial charge in [-0.05, 0) is 32.4 Å². The Morgan fingerprint density at radius 1 is 1.42 bits per heavy atom. The van der Waals surface area contributed by atoms with Crippen molar-refractivity contribution in [1.82, 2.24) is 14.7 Å². The molecule has 128 valence electrons. The molecule has 1 aliphatic heterocycles. The predicted octanol–water partition coefficient (Wildman–Crippen LogP) is 1.95. The van der Waals surface area contributed by atoms with Crippen molar-refractivity contribution in [2.75, 3.05) is 13.2 Å². The van der Waals surface area contributed by atoms with E-state index in [0.29, 0.717) is 13.0 Å². The Labute approximate surface area is 139 Å². The third-order valence-corrected chi connectivity index (χ3v) is 4.86. The summed E-state index contributed by atoms with van der Waals surface area (Å²) in [5.41, 5.74) is -0.509. The fourth-order valence-corrected chi connectivity index (χ4v) is 3.23. The number of nitrogens with zero attached hydrogens (tertiary/aromatic N) is 3. The average molecular weight is 333 g/mol. The van der Waals surface area contributed by atoms with E-state index in [4.69, 9.17) is 0 Å². The van der Waals surface area contributed by atoms with Gasteiger partial charge in [0.1, 0.15) is 11.5 Å². The van der Waals surface area contributed by atoms with Crippen molar-refractivity contribution in [3.05, 3.63) is 42.0 Å². The van der Waals surface area contributed by atoms with Gasteiger partial charge in [-0.15, -0.1) is 0 Å². The maximum absolute atomic E-state index is 13.9. The molecule has 0 radical (unpaired) electrons. The van der Waals surface area contributed by atoms with Gasteiger partial charge in [-0.3, -0.25) is 4.79 Å². The van der Waals surface area contributed by atoms with Crippen LogP contribution in [0.2, 0.25) is 0 Å². The second-order valence-corrected chi connectivity index (χ2v) is 6.54. The average Bonchev–Trinajstić information content (AvgIpc) is 3.06. The van der Waals surface area contributed by atoms with Gasteiger partial charge in [0.25, 0.3) is 5.91 Å². The van der Waals surface area contributed by atoms with Crippen LogP contribution >= 0.6 is 0 Å². The van der Waals surface area contributed by atoms with Crippen molar-refractivity contribution in [2.45, 2.75) is 25.8 Å². The summed E-state index contributed by atoms with van der Waals surface area (Å²) >= 11 is 0. The van der Waals surface area contributed by atoms with Gasteiger partial charge in [0.2, 0.25) is 0 Å². The van der Waals surface area contributed by atoms with Gasteiger partial charge in [-0.25, -0.2) is 9.07 Å². The van der Waals surface area contributed by atoms with E-state index in [1.807, 2.05) is 13.8 Å². The first-order valence-electron chi connectivity index (χ1n) is 7.82. The quantitative estimate of drug-likeness (QED) is 0.900. The fraction of sp³-hybridized carbons (Fsp3) is 0.412. The van der Waals surface area contributed by atoms with Crippen LogP contribution in [0, 0.1) is 11.7 Å². The zero-order chi connectivity index (χ0) is 17.5. The number of para-hydroxylation sites is 1. The van der Waals surface area contributed by atoms with Gasteiger partial charge in [0.15, 0.2) is 11.4 Å². The molecule has 1 aromatic heterocycles. The molecule has 0 spiro atoms. The number of benzene rings is 1. The van der Waals surface area contributed by atoms with Crippen molar-refractivity contribution in [3.8, 4) is 11.4 Å². The molecule has 0 saturated carbocycles. The summed E-state index contributed by atoms with van der Waals surface area (Å²) in [4.78, 5) is 14.4. The number of rotatable bonds is 3. The van der Waals surface area contributed by atoms with Gasteiger partial charge in [-0.1, -0.05) is 12.1 Å². The minimum absolute atomic E-state index is 0.00751. The molecule has 1 aromatic carbocycles. The van der Waals surface area contributed by atoms with Gasteiger partial charge in [-0.2, -0.15) is 5.10 Å². The molecular formula is C17H20FN3O3. The molecular weight excluding hydrogens is 313 g/mol. The molecule has 0 bridgehead atoms. The minimum Gasteiger partial charge on any atom is -0.504 e. The second-order valence-electron chi connectivity index (χ2n) is 6.54. The fourth-order valence-electron chi connectivity index (χ4n) is 3.23. The zero-order valence-corrected chi connectivity index (χ0v) is 13.6. The number of hydrogen-bond acceptors (Lipinski definition) is 4. The first-order chi connectivity index (χ1) is 11.4. The summed E-state index contributed by atoms with van der Waals surface area (Å²) in [5, 5.41) is 23.6. The summed E-state index contributed by atoms with van der Waals surface area (Å²) in [6.45, 7) is 4.23. The maximum atomic E-state index is 13.9. The van der Waals surface area contributed by atoms with Crippen LogP contribution in [0.4, 0.5) is 4.39 Å². The van der Waals surface area contributed by atoms with Crippen molar-refractivity contribution in [1.29, 1.82) is 0 Å². The molecule has 24 heavy (non-hydrogen) atoms. The van der Waals surface area contributed by atoms with Crippen LogP contribution in [0.25, 0.3) is 5.69 Å². The van der Waals surface area contributed by atoms with Gasteiger partial charge >= 0.3 is 0 Å². The van der Waals surface area contributed by atoms with Crippen LogP contribution in [0.15, 0.2) is 30.5 Å². The molecule has 3 rings (SSSR count). The van der Waals surface area contributed by atoms with Crippen molar-refractivity contribution >= 4 is 5.91 Å². The van der Waals surface area contributed by atoms with Gasteiger partial charge in [0.05, 0.1) is 6.20 Å². The lowest BCUT2D eigenvalue weighted by Crippen LogP contribution is -2.47. The van der Waals surface area contributed by atoms with Crippen LogP contribution in [0.1, 0.15) is 30.8 Å². The van der Waals surface area contributed by atoms with E-state index in [9.17, 15) is 19.4 Å². The van der Waals surface area contributed by atoms with Crippen molar-refractivity contribution in [2.24, 2.45) is 5.92 Å². The smallest absolute Gasteiger partial charge is 0.278 e. The van der Waals surface area contributed by atoms with E-state index >= 15 is 0 Å². The number of amides is 1. The molecule has 1 unspecified atom stereocenters. The lowest BCUT2D eigenvalue weighted by Gasteiger charge is -2.35. The predicted molar refractivity (Wildman–Crippen MR) is 85.5 cm³/mol. The van der Waals surface area contributed by atoms with Crippen LogP contribution in [-0.2, 0) is 0 Å². The van der Waals surface area contributed by atoms with Crippen LogP contribution in [0.5, 0.6) is 5.75 Å². The zero-order valence-electron chi connectivity index (χ0n) is 13.6. The van der Waals surface area contributed by atoms with E-state index in [-0.39, 0.29) is 29.7 Å². The Balaban J connectivity index is 1.94. The van der Waals surface area contributed by atoms with Gasteiger partial charge < -0.3 is 15.1 Å². The Hall–Kier alpha value is -2.41. The van der Waals surface area contributed by atoms with E-state index < -0.39 is 17.3 Å². The number of carbonyl (C=O) groups is 1. The molecule has 7 heteroatoms. The number of hydrogen-bond donors (Lipinski definition) is 2. The van der Waals surface area contributed by atoms with Crippen molar-refractivity contribution < 1.29 is 19.4 Å². The SMILES string of the molecule is CC1(C)C(CO)CCN1C(=O)c1nn(-c2ccccc2F)cc1O. The van der Waals surface area contributed by atoms with Crippen LogP contribution < -0.4 is 0 Å². The molecule has 1 saturated heterocycles. The number of halogens is 1. The number of aliphatic hydroxyl groups is 1. The molecule has 2 aromatic rings. The van der Waals surface area contributed by atoms with E-state index in [0.717, 1.165) is 4.68 Å². The standard InChI is InChI=1S/C17H20FN3O3/c1-17(2)11(10-22)7-8-20(17)16(24)15-14(23)9-21(19-15)13-6-4-3-5-12(13)18/h3-6,9,11,22-23H,7-8,10H2,1-2H3. The Kier molecular flexibility index (Phi) is 4.04. The van der Waals surface area contributed by atoms with E-state index in [1.54, 1.807) is 17.0 Å². The first kappa shape index (κ1) is 16.4. The highest BCUT2D eigenvalue weighted by atomic mass is 19.1. The number of aliphatic hydroxyl groups excluding tert-OH is 1. The highest BCUT2D eigenvalue weighted by molar-refractivity contribution is 5.95. The third-order valence-electron chi connectivity index (χ3n) is 4.86. The molecule has 0 aliphatic carbocycles. The Bertz CT molecular complexity index is 772. The highest BCUT2D eigenvalue weighted by Crippen LogP contribution is 2.36. The van der Waals surface area contributed by atoms with Crippen LogP contribution in [-0.4, -0.2) is 49.5 Å². The molecule has 1 fully saturated rings. The monoisotopic (exact) mass is 333 g/mol. The first-order valence-corrected chi connectivity index (χ1v) is 7.82. The molecule has 2 heterocycles.